The Kier molecular flexibility index (Phi) is 8.52. The molecule has 1 aromatic rings. The lowest BCUT2D eigenvalue weighted by molar-refractivity contribution is -0.159. The van der Waals surface area contributed by atoms with Crippen molar-refractivity contribution >= 4 is 5.97 Å². The minimum absolute atomic E-state index is 0.0493. The zero-order valence-electron chi connectivity index (χ0n) is 22.0. The summed E-state index contributed by atoms with van der Waals surface area (Å²) in [5.41, 5.74) is 0.811. The van der Waals surface area contributed by atoms with Crippen LogP contribution in [0.1, 0.15) is 65.4 Å². The maximum Gasteiger partial charge on any atom is 0.303 e. The summed E-state index contributed by atoms with van der Waals surface area (Å²) in [7, 11) is 0. The molecule has 1 aromatic carbocycles. The van der Waals surface area contributed by atoms with E-state index in [-0.39, 0.29) is 36.6 Å². The number of fused-ring (bicyclic) bond motifs is 1. The first kappa shape index (κ1) is 27.2. The average molecular weight is 506 g/mol. The number of halogens is 2. The lowest BCUT2D eigenvalue weighted by Crippen LogP contribution is -2.56. The first-order chi connectivity index (χ1) is 17.1. The molecule has 0 amide bonds. The standard InChI is InChI=1S/C29H41F2NO4/c1-18-12-25-24(9-7-20(3)29(25,34)14-28(18)36-21(4)33)19(2)15-32-11-5-6-23(16-32)35-17-22-8-10-26(30)27(31)13-22/h8,10,12-13,19-20,23-25,28,34H,5-7,9,11,14-17H2,1-4H3/t19?,20-,23?,24+,25-,28-,29-/m1/s1. The maximum absolute atomic E-state index is 13.5. The summed E-state index contributed by atoms with van der Waals surface area (Å²) in [6, 6.07) is 3.91. The highest BCUT2D eigenvalue weighted by Crippen LogP contribution is 2.51. The van der Waals surface area contributed by atoms with Crippen molar-refractivity contribution in [3.8, 4) is 0 Å². The van der Waals surface area contributed by atoms with Gasteiger partial charge in [0.05, 0.1) is 18.3 Å². The Morgan fingerprint density at radius 3 is 2.75 bits per heavy atom. The van der Waals surface area contributed by atoms with Crippen LogP contribution in [0.3, 0.4) is 0 Å². The smallest absolute Gasteiger partial charge is 0.303 e. The topological polar surface area (TPSA) is 59.0 Å². The molecule has 4 rings (SSSR count). The fraction of sp³-hybridized carbons (Fsp3) is 0.690. The quantitative estimate of drug-likeness (QED) is 0.405. The molecule has 1 saturated heterocycles. The van der Waals surface area contributed by atoms with Crippen molar-refractivity contribution in [2.75, 3.05) is 19.6 Å². The summed E-state index contributed by atoms with van der Waals surface area (Å²) >= 11 is 0. The first-order valence-corrected chi connectivity index (χ1v) is 13.4. The molecule has 2 fully saturated rings. The number of carbonyl (C=O) groups excluding carboxylic acids is 1. The Hall–Kier alpha value is -1.83. The van der Waals surface area contributed by atoms with E-state index < -0.39 is 17.2 Å². The van der Waals surface area contributed by atoms with Crippen molar-refractivity contribution < 1.29 is 28.2 Å². The molecule has 36 heavy (non-hydrogen) atoms. The van der Waals surface area contributed by atoms with Crippen LogP contribution in [0.5, 0.6) is 0 Å². The molecule has 7 heteroatoms. The second-order valence-electron chi connectivity index (χ2n) is 11.4. The molecular weight excluding hydrogens is 464 g/mol. The number of nitrogens with zero attached hydrogens (tertiary/aromatic N) is 1. The SMILES string of the molecule is CC(=O)O[C@@H]1C[C@@]2(O)[C@H](C)CC[C@@H](C(C)CN3CCCC(OCc4ccc(F)c(F)c4)C3)[C@H]2C=C1C. The average Bonchev–Trinajstić information content (AvgIpc) is 2.82. The van der Waals surface area contributed by atoms with Crippen LogP contribution in [-0.4, -0.2) is 53.4 Å². The molecule has 2 aliphatic carbocycles. The highest BCUT2D eigenvalue weighted by molar-refractivity contribution is 5.66. The third-order valence-corrected chi connectivity index (χ3v) is 8.80. The number of ether oxygens (including phenoxy) is 2. The third kappa shape index (κ3) is 6.00. The Morgan fingerprint density at radius 1 is 1.25 bits per heavy atom. The van der Waals surface area contributed by atoms with Gasteiger partial charge >= 0.3 is 5.97 Å². The van der Waals surface area contributed by atoms with Gasteiger partial charge in [-0.05, 0) is 80.2 Å². The predicted octanol–water partition coefficient (Wildman–Crippen LogP) is 5.26. The minimum Gasteiger partial charge on any atom is -0.458 e. The summed E-state index contributed by atoms with van der Waals surface area (Å²) in [4.78, 5) is 14.0. The normalized spacial score (nSPS) is 34.0. The van der Waals surface area contributed by atoms with E-state index >= 15 is 0 Å². The van der Waals surface area contributed by atoms with Crippen LogP contribution in [0, 0.1) is 35.3 Å². The van der Waals surface area contributed by atoms with Crippen molar-refractivity contribution in [1.82, 2.24) is 4.90 Å². The van der Waals surface area contributed by atoms with Crippen LogP contribution >= 0.6 is 0 Å². The van der Waals surface area contributed by atoms with Gasteiger partial charge in [-0.3, -0.25) is 4.79 Å². The van der Waals surface area contributed by atoms with Gasteiger partial charge < -0.3 is 19.5 Å². The van der Waals surface area contributed by atoms with E-state index in [9.17, 15) is 18.7 Å². The van der Waals surface area contributed by atoms with E-state index in [1.165, 1.54) is 13.0 Å². The number of rotatable bonds is 7. The number of benzene rings is 1. The Labute approximate surface area is 213 Å². The molecule has 1 saturated carbocycles. The van der Waals surface area contributed by atoms with E-state index in [1.807, 2.05) is 6.92 Å². The molecule has 2 unspecified atom stereocenters. The van der Waals surface area contributed by atoms with Crippen LogP contribution in [0.15, 0.2) is 29.8 Å². The highest BCUT2D eigenvalue weighted by atomic mass is 19.2. The van der Waals surface area contributed by atoms with Gasteiger partial charge in [-0.1, -0.05) is 26.0 Å². The van der Waals surface area contributed by atoms with Crippen LogP contribution in [0.2, 0.25) is 0 Å². The molecule has 3 aliphatic rings. The zero-order chi connectivity index (χ0) is 26.0. The summed E-state index contributed by atoms with van der Waals surface area (Å²) < 4.78 is 38.3. The first-order valence-electron chi connectivity index (χ1n) is 13.4. The summed E-state index contributed by atoms with van der Waals surface area (Å²) in [5.74, 6) is -1.06. The van der Waals surface area contributed by atoms with Crippen LogP contribution in [0.25, 0.3) is 0 Å². The fourth-order valence-electron chi connectivity index (χ4n) is 6.70. The van der Waals surface area contributed by atoms with Gasteiger partial charge in [0.15, 0.2) is 11.6 Å². The van der Waals surface area contributed by atoms with E-state index in [1.54, 1.807) is 6.07 Å². The zero-order valence-corrected chi connectivity index (χ0v) is 22.0. The number of hydrogen-bond acceptors (Lipinski definition) is 5. The lowest BCUT2D eigenvalue weighted by Gasteiger charge is -2.53. The number of hydrogen-bond donors (Lipinski definition) is 1. The lowest BCUT2D eigenvalue weighted by atomic mass is 9.57. The van der Waals surface area contributed by atoms with Crippen LogP contribution in [0.4, 0.5) is 8.78 Å². The van der Waals surface area contributed by atoms with Gasteiger partial charge in [0.2, 0.25) is 0 Å². The van der Waals surface area contributed by atoms with Gasteiger partial charge in [0.1, 0.15) is 6.10 Å². The summed E-state index contributed by atoms with van der Waals surface area (Å²) in [5, 5.41) is 11.8. The van der Waals surface area contributed by atoms with Crippen molar-refractivity contribution in [3.05, 3.63) is 47.0 Å². The molecule has 200 valence electrons. The molecule has 0 aromatic heterocycles. The van der Waals surface area contributed by atoms with Crippen molar-refractivity contribution in [1.29, 1.82) is 0 Å². The van der Waals surface area contributed by atoms with E-state index in [0.717, 1.165) is 57.0 Å². The molecule has 7 atom stereocenters. The van der Waals surface area contributed by atoms with Gasteiger partial charge in [0, 0.05) is 32.4 Å². The molecule has 1 heterocycles. The predicted molar refractivity (Wildman–Crippen MR) is 134 cm³/mol. The third-order valence-electron chi connectivity index (χ3n) is 8.80. The summed E-state index contributed by atoms with van der Waals surface area (Å²) in [6.07, 6.45) is 6.37. The summed E-state index contributed by atoms with van der Waals surface area (Å²) in [6.45, 7) is 10.9. The highest BCUT2D eigenvalue weighted by Gasteiger charge is 2.52. The molecule has 0 spiro atoms. The Morgan fingerprint density at radius 2 is 2.03 bits per heavy atom. The molecule has 0 bridgehead atoms. The molecular formula is C29H41F2NO4. The van der Waals surface area contributed by atoms with Crippen LogP contribution < -0.4 is 0 Å². The van der Waals surface area contributed by atoms with Crippen molar-refractivity contribution in [2.24, 2.45) is 23.7 Å². The van der Waals surface area contributed by atoms with Gasteiger partial charge in [-0.2, -0.15) is 0 Å². The maximum atomic E-state index is 13.5. The van der Waals surface area contributed by atoms with Gasteiger partial charge in [-0.15, -0.1) is 0 Å². The Bertz CT molecular complexity index is 969. The van der Waals surface area contributed by atoms with E-state index in [2.05, 4.69) is 24.8 Å². The molecule has 0 radical (unpaired) electrons. The number of carbonyl (C=O) groups is 1. The van der Waals surface area contributed by atoms with Gasteiger partial charge in [0.25, 0.3) is 0 Å². The molecule has 5 nitrogen and oxygen atoms in total. The van der Waals surface area contributed by atoms with E-state index in [0.29, 0.717) is 23.8 Å². The Balaban J connectivity index is 1.37. The second kappa shape index (κ2) is 11.3. The fourth-order valence-corrected chi connectivity index (χ4v) is 6.70. The minimum atomic E-state index is -0.866. The number of piperidine rings is 1. The van der Waals surface area contributed by atoms with Crippen molar-refractivity contribution in [3.63, 3.8) is 0 Å². The molecule has 1 aliphatic heterocycles. The number of likely N-dealkylation sites (tertiary alicyclic amines) is 1. The van der Waals surface area contributed by atoms with Crippen LogP contribution in [-0.2, 0) is 20.9 Å². The number of esters is 1. The van der Waals surface area contributed by atoms with E-state index in [4.69, 9.17) is 9.47 Å². The second-order valence-corrected chi connectivity index (χ2v) is 11.4. The number of aliphatic hydroxyl groups is 1. The van der Waals surface area contributed by atoms with Gasteiger partial charge in [-0.25, -0.2) is 8.78 Å². The largest absolute Gasteiger partial charge is 0.458 e. The monoisotopic (exact) mass is 505 g/mol. The van der Waals surface area contributed by atoms with Crippen molar-refractivity contribution in [2.45, 2.75) is 84.2 Å². The molecule has 1 N–H and O–H groups in total.